The Hall–Kier alpha value is -3.15. The molecule has 2 aromatic carbocycles. The molecule has 1 saturated heterocycles. The van der Waals surface area contributed by atoms with Crippen molar-refractivity contribution in [3.63, 3.8) is 0 Å². The standard InChI is InChI=1S/C24H25N3O3/c28-21(25-20-13-5-9-16-7-1-3-11-18(16)20)15-27-22(29)24(26-23(27)30)14-6-10-17-8-2-4-12-19(17)24/h1-4,7-8,11-12,20H,5-6,9-10,13-15H2,(H,25,28)(H,26,30). The number of hydrogen-bond donors (Lipinski definition) is 2. The molecule has 0 aromatic heterocycles. The molecule has 2 unspecified atom stereocenters. The molecule has 2 N–H and O–H groups in total. The maximum Gasteiger partial charge on any atom is 0.325 e. The number of rotatable bonds is 3. The first-order chi connectivity index (χ1) is 14.6. The Morgan fingerprint density at radius 3 is 2.63 bits per heavy atom. The van der Waals surface area contributed by atoms with Crippen molar-refractivity contribution in [2.75, 3.05) is 6.54 Å². The maximum atomic E-state index is 13.3. The van der Waals surface area contributed by atoms with Crippen molar-refractivity contribution in [2.45, 2.75) is 50.1 Å². The van der Waals surface area contributed by atoms with Gasteiger partial charge in [0.25, 0.3) is 5.91 Å². The first-order valence-corrected chi connectivity index (χ1v) is 10.7. The minimum Gasteiger partial charge on any atom is -0.348 e. The van der Waals surface area contributed by atoms with Crippen LogP contribution in [0.15, 0.2) is 48.5 Å². The molecule has 30 heavy (non-hydrogen) atoms. The van der Waals surface area contributed by atoms with Crippen LogP contribution in [-0.2, 0) is 28.0 Å². The lowest BCUT2D eigenvalue weighted by Gasteiger charge is -2.33. The highest BCUT2D eigenvalue weighted by Gasteiger charge is 2.54. The van der Waals surface area contributed by atoms with Gasteiger partial charge in [-0.2, -0.15) is 0 Å². The van der Waals surface area contributed by atoms with E-state index in [-0.39, 0.29) is 24.4 Å². The number of hydrogen-bond acceptors (Lipinski definition) is 3. The van der Waals surface area contributed by atoms with E-state index in [1.807, 2.05) is 42.5 Å². The van der Waals surface area contributed by atoms with Gasteiger partial charge in [-0.05, 0) is 60.8 Å². The lowest BCUT2D eigenvalue weighted by molar-refractivity contribution is -0.135. The van der Waals surface area contributed by atoms with Crippen LogP contribution in [0.2, 0.25) is 0 Å². The van der Waals surface area contributed by atoms with Crippen molar-refractivity contribution in [1.29, 1.82) is 0 Å². The Morgan fingerprint density at radius 2 is 1.77 bits per heavy atom. The van der Waals surface area contributed by atoms with Gasteiger partial charge in [0.2, 0.25) is 5.91 Å². The van der Waals surface area contributed by atoms with Crippen molar-refractivity contribution in [2.24, 2.45) is 0 Å². The summed E-state index contributed by atoms with van der Waals surface area (Å²) in [5, 5.41) is 5.95. The molecule has 1 aliphatic heterocycles. The second-order valence-electron chi connectivity index (χ2n) is 8.45. The Bertz CT molecular complexity index is 1030. The number of aryl methyl sites for hydroxylation is 2. The number of fused-ring (bicyclic) bond motifs is 3. The quantitative estimate of drug-likeness (QED) is 0.774. The van der Waals surface area contributed by atoms with Gasteiger partial charge >= 0.3 is 6.03 Å². The molecule has 154 valence electrons. The molecule has 2 atom stereocenters. The van der Waals surface area contributed by atoms with E-state index in [1.54, 1.807) is 0 Å². The number of urea groups is 1. The SMILES string of the molecule is O=C(CN1C(=O)NC2(CCCc3ccccc32)C1=O)NC1CCCc2ccccc21. The molecule has 1 fully saturated rings. The summed E-state index contributed by atoms with van der Waals surface area (Å²) in [4.78, 5) is 39.9. The van der Waals surface area contributed by atoms with Gasteiger partial charge in [-0.3, -0.25) is 14.5 Å². The van der Waals surface area contributed by atoms with E-state index in [1.165, 1.54) is 5.56 Å². The van der Waals surface area contributed by atoms with Gasteiger partial charge < -0.3 is 10.6 Å². The van der Waals surface area contributed by atoms with Gasteiger partial charge in [0, 0.05) is 0 Å². The third-order valence-corrected chi connectivity index (χ3v) is 6.66. The minimum atomic E-state index is -1.04. The molecule has 5 rings (SSSR count). The predicted molar refractivity (Wildman–Crippen MR) is 112 cm³/mol. The van der Waals surface area contributed by atoms with E-state index in [4.69, 9.17) is 0 Å². The molecule has 2 aromatic rings. The normalized spacial score (nSPS) is 24.9. The summed E-state index contributed by atoms with van der Waals surface area (Å²) in [6.07, 6.45) is 5.15. The van der Waals surface area contributed by atoms with Crippen LogP contribution in [0.25, 0.3) is 0 Å². The predicted octanol–water partition coefficient (Wildman–Crippen LogP) is 2.96. The third kappa shape index (κ3) is 2.98. The van der Waals surface area contributed by atoms with Crippen LogP contribution in [0.3, 0.4) is 0 Å². The van der Waals surface area contributed by atoms with Crippen LogP contribution >= 0.6 is 0 Å². The summed E-state index contributed by atoms with van der Waals surface area (Å²) in [5.41, 5.74) is 3.29. The van der Waals surface area contributed by atoms with Gasteiger partial charge in [0.05, 0.1) is 6.04 Å². The zero-order valence-corrected chi connectivity index (χ0v) is 16.8. The van der Waals surface area contributed by atoms with Crippen LogP contribution in [0.4, 0.5) is 4.79 Å². The van der Waals surface area contributed by atoms with Crippen LogP contribution in [0.5, 0.6) is 0 Å². The molecule has 1 spiro atoms. The summed E-state index contributed by atoms with van der Waals surface area (Å²) in [6, 6.07) is 15.3. The van der Waals surface area contributed by atoms with Crippen LogP contribution in [-0.4, -0.2) is 29.3 Å². The lowest BCUT2D eigenvalue weighted by atomic mass is 9.76. The fraction of sp³-hybridized carbons (Fsp3) is 0.375. The summed E-state index contributed by atoms with van der Waals surface area (Å²) < 4.78 is 0. The molecular formula is C24H25N3O3. The number of amides is 4. The molecular weight excluding hydrogens is 378 g/mol. The molecule has 6 nitrogen and oxygen atoms in total. The molecule has 2 aliphatic carbocycles. The van der Waals surface area contributed by atoms with Gasteiger partial charge in [-0.15, -0.1) is 0 Å². The number of benzene rings is 2. The Morgan fingerprint density at radius 1 is 1.03 bits per heavy atom. The Balaban J connectivity index is 1.34. The molecule has 3 aliphatic rings. The topological polar surface area (TPSA) is 78.5 Å². The van der Waals surface area contributed by atoms with Crippen molar-refractivity contribution < 1.29 is 14.4 Å². The van der Waals surface area contributed by atoms with Crippen molar-refractivity contribution in [3.05, 3.63) is 70.8 Å². The molecule has 0 radical (unpaired) electrons. The largest absolute Gasteiger partial charge is 0.348 e. The molecule has 6 heteroatoms. The molecule has 0 bridgehead atoms. The van der Waals surface area contributed by atoms with E-state index in [9.17, 15) is 14.4 Å². The second kappa shape index (κ2) is 7.27. The van der Waals surface area contributed by atoms with E-state index in [0.717, 1.165) is 53.7 Å². The highest BCUT2D eigenvalue weighted by molar-refractivity contribution is 6.09. The summed E-state index contributed by atoms with van der Waals surface area (Å²) in [7, 11) is 0. The number of imide groups is 1. The summed E-state index contributed by atoms with van der Waals surface area (Å²) in [6.45, 7) is -0.257. The van der Waals surface area contributed by atoms with Gasteiger partial charge in [-0.1, -0.05) is 48.5 Å². The van der Waals surface area contributed by atoms with Crippen LogP contribution in [0.1, 0.15) is 54.0 Å². The van der Waals surface area contributed by atoms with Gasteiger partial charge in [0.1, 0.15) is 12.1 Å². The van der Waals surface area contributed by atoms with Crippen molar-refractivity contribution >= 4 is 17.8 Å². The molecule has 1 heterocycles. The van der Waals surface area contributed by atoms with E-state index < -0.39 is 11.6 Å². The first-order valence-electron chi connectivity index (χ1n) is 10.7. The number of carbonyl (C=O) groups excluding carboxylic acids is 3. The number of nitrogens with zero attached hydrogens (tertiary/aromatic N) is 1. The average molecular weight is 403 g/mol. The maximum absolute atomic E-state index is 13.3. The molecule has 0 saturated carbocycles. The molecule has 4 amide bonds. The smallest absolute Gasteiger partial charge is 0.325 e. The number of carbonyl (C=O) groups is 3. The summed E-state index contributed by atoms with van der Waals surface area (Å²) in [5.74, 6) is -0.625. The number of nitrogens with one attached hydrogen (secondary N) is 2. The van der Waals surface area contributed by atoms with Crippen molar-refractivity contribution in [1.82, 2.24) is 15.5 Å². The third-order valence-electron chi connectivity index (χ3n) is 6.66. The van der Waals surface area contributed by atoms with Gasteiger partial charge in [-0.25, -0.2) is 4.79 Å². The monoisotopic (exact) mass is 403 g/mol. The highest BCUT2D eigenvalue weighted by atomic mass is 16.2. The van der Waals surface area contributed by atoms with E-state index in [2.05, 4.69) is 16.7 Å². The summed E-state index contributed by atoms with van der Waals surface area (Å²) >= 11 is 0. The Kier molecular flexibility index (Phi) is 4.57. The lowest BCUT2D eigenvalue weighted by Crippen LogP contribution is -2.47. The fourth-order valence-corrected chi connectivity index (χ4v) is 5.24. The van der Waals surface area contributed by atoms with Crippen molar-refractivity contribution in [3.8, 4) is 0 Å². The van der Waals surface area contributed by atoms with E-state index in [0.29, 0.717) is 6.42 Å². The zero-order chi connectivity index (χ0) is 20.7. The average Bonchev–Trinajstić information content (AvgIpc) is 2.99. The Labute approximate surface area is 175 Å². The zero-order valence-electron chi connectivity index (χ0n) is 16.8. The second-order valence-corrected chi connectivity index (χ2v) is 8.45. The minimum absolute atomic E-state index is 0.0763. The van der Waals surface area contributed by atoms with Gasteiger partial charge in [0.15, 0.2) is 0 Å². The van der Waals surface area contributed by atoms with Crippen LogP contribution in [0, 0.1) is 0 Å². The fourth-order valence-electron chi connectivity index (χ4n) is 5.24. The van der Waals surface area contributed by atoms with Crippen LogP contribution < -0.4 is 10.6 Å². The first kappa shape index (κ1) is 18.9. The highest BCUT2D eigenvalue weighted by Crippen LogP contribution is 2.39. The van der Waals surface area contributed by atoms with E-state index >= 15 is 0 Å².